The van der Waals surface area contributed by atoms with Crippen LogP contribution in [-0.4, -0.2) is 29.5 Å². The Labute approximate surface area is 80.3 Å². The monoisotopic (exact) mass is 187 g/mol. The molecule has 0 saturated heterocycles. The van der Waals surface area contributed by atoms with E-state index in [2.05, 4.69) is 0 Å². The zero-order valence-electron chi connectivity index (χ0n) is 8.62. The summed E-state index contributed by atoms with van der Waals surface area (Å²) in [7, 11) is 0. The summed E-state index contributed by atoms with van der Waals surface area (Å²) in [4.78, 5) is 0. The Bertz CT molecular complexity index is 155. The normalized spacial score (nSPS) is 24.9. The summed E-state index contributed by atoms with van der Waals surface area (Å²) in [6.45, 7) is 4.06. The Morgan fingerprint density at radius 2 is 2.23 bits per heavy atom. The molecule has 1 rings (SSSR count). The van der Waals surface area contributed by atoms with Gasteiger partial charge in [0.25, 0.3) is 0 Å². The Balaban J connectivity index is 2.19. The van der Waals surface area contributed by atoms with Crippen LogP contribution in [0.4, 0.5) is 0 Å². The number of hydrogen-bond acceptors (Lipinski definition) is 3. The van der Waals surface area contributed by atoms with Crippen molar-refractivity contribution in [2.75, 3.05) is 6.54 Å². The van der Waals surface area contributed by atoms with Gasteiger partial charge in [0.05, 0.1) is 17.8 Å². The minimum atomic E-state index is -0.775. The molecule has 3 N–H and O–H groups in total. The van der Waals surface area contributed by atoms with E-state index in [9.17, 15) is 5.11 Å². The molecule has 78 valence electrons. The lowest BCUT2D eigenvalue weighted by molar-refractivity contribution is -0.0764. The minimum Gasteiger partial charge on any atom is -0.389 e. The SMILES string of the molecule is CC(CC(C)(O)CN)OC1CCC1. The highest BCUT2D eigenvalue weighted by Gasteiger charge is 2.26. The van der Waals surface area contributed by atoms with Gasteiger partial charge in [-0.05, 0) is 33.1 Å². The second-order valence-corrected chi connectivity index (χ2v) is 4.40. The number of rotatable bonds is 5. The van der Waals surface area contributed by atoms with Crippen molar-refractivity contribution in [1.82, 2.24) is 0 Å². The summed E-state index contributed by atoms with van der Waals surface area (Å²) in [6.07, 6.45) is 4.81. The van der Waals surface area contributed by atoms with Crippen molar-refractivity contribution >= 4 is 0 Å². The van der Waals surface area contributed by atoms with Crippen LogP contribution >= 0.6 is 0 Å². The molecule has 3 nitrogen and oxygen atoms in total. The molecule has 2 unspecified atom stereocenters. The summed E-state index contributed by atoms with van der Waals surface area (Å²) in [5, 5.41) is 9.69. The predicted octanol–water partition coefficient (Wildman–Crippen LogP) is 1.04. The molecule has 0 aliphatic heterocycles. The summed E-state index contributed by atoms with van der Waals surface area (Å²) in [6, 6.07) is 0. The van der Waals surface area contributed by atoms with Gasteiger partial charge >= 0.3 is 0 Å². The van der Waals surface area contributed by atoms with Gasteiger partial charge in [0.1, 0.15) is 0 Å². The van der Waals surface area contributed by atoms with Gasteiger partial charge in [-0.3, -0.25) is 0 Å². The summed E-state index contributed by atoms with van der Waals surface area (Å²) < 4.78 is 5.71. The molecule has 0 aromatic carbocycles. The lowest BCUT2D eigenvalue weighted by atomic mass is 9.95. The molecule has 1 saturated carbocycles. The van der Waals surface area contributed by atoms with E-state index < -0.39 is 5.60 Å². The second kappa shape index (κ2) is 4.40. The Morgan fingerprint density at radius 1 is 1.62 bits per heavy atom. The van der Waals surface area contributed by atoms with Crippen LogP contribution in [-0.2, 0) is 4.74 Å². The molecule has 1 aliphatic rings. The van der Waals surface area contributed by atoms with Crippen molar-refractivity contribution in [3.8, 4) is 0 Å². The van der Waals surface area contributed by atoms with E-state index in [1.54, 1.807) is 6.92 Å². The number of nitrogens with two attached hydrogens (primary N) is 1. The van der Waals surface area contributed by atoms with Gasteiger partial charge < -0.3 is 15.6 Å². The lowest BCUT2D eigenvalue weighted by Crippen LogP contribution is -2.39. The van der Waals surface area contributed by atoms with Crippen LogP contribution < -0.4 is 5.73 Å². The van der Waals surface area contributed by atoms with Crippen molar-refractivity contribution in [3.63, 3.8) is 0 Å². The molecule has 0 aromatic heterocycles. The molecule has 1 aliphatic carbocycles. The maximum absolute atomic E-state index is 9.69. The van der Waals surface area contributed by atoms with Crippen molar-refractivity contribution in [1.29, 1.82) is 0 Å². The molecular weight excluding hydrogens is 166 g/mol. The predicted molar refractivity (Wildman–Crippen MR) is 52.5 cm³/mol. The highest BCUT2D eigenvalue weighted by atomic mass is 16.5. The smallest absolute Gasteiger partial charge is 0.0766 e. The fraction of sp³-hybridized carbons (Fsp3) is 1.00. The van der Waals surface area contributed by atoms with Gasteiger partial charge in [-0.1, -0.05) is 0 Å². The molecule has 1 fully saturated rings. The Morgan fingerprint density at radius 3 is 2.62 bits per heavy atom. The third kappa shape index (κ3) is 3.63. The van der Waals surface area contributed by atoms with Crippen molar-refractivity contribution < 1.29 is 9.84 Å². The zero-order valence-corrected chi connectivity index (χ0v) is 8.62. The van der Waals surface area contributed by atoms with Crippen molar-refractivity contribution in [2.45, 2.75) is 57.3 Å². The molecule has 13 heavy (non-hydrogen) atoms. The van der Waals surface area contributed by atoms with Gasteiger partial charge in [-0.2, -0.15) is 0 Å². The first-order valence-electron chi connectivity index (χ1n) is 5.11. The molecule has 0 radical (unpaired) electrons. The van der Waals surface area contributed by atoms with Gasteiger partial charge in [0.2, 0.25) is 0 Å². The first-order valence-corrected chi connectivity index (χ1v) is 5.11. The number of hydrogen-bond donors (Lipinski definition) is 2. The van der Waals surface area contributed by atoms with Gasteiger partial charge in [0, 0.05) is 13.0 Å². The molecule has 2 atom stereocenters. The number of ether oxygens (including phenoxy) is 1. The highest BCUT2D eigenvalue weighted by molar-refractivity contribution is 4.78. The molecular formula is C10H21NO2. The van der Waals surface area contributed by atoms with Crippen molar-refractivity contribution in [3.05, 3.63) is 0 Å². The first kappa shape index (κ1) is 11.0. The standard InChI is InChI=1S/C10H21NO2/c1-8(6-10(2,12)7-11)13-9-4-3-5-9/h8-9,12H,3-7,11H2,1-2H3. The summed E-state index contributed by atoms with van der Waals surface area (Å²) in [5.74, 6) is 0. The quantitative estimate of drug-likeness (QED) is 0.676. The number of aliphatic hydroxyl groups is 1. The van der Waals surface area contributed by atoms with Crippen LogP contribution in [0.3, 0.4) is 0 Å². The fourth-order valence-corrected chi connectivity index (χ4v) is 1.59. The minimum absolute atomic E-state index is 0.115. The van der Waals surface area contributed by atoms with E-state index in [0.29, 0.717) is 19.1 Å². The van der Waals surface area contributed by atoms with E-state index in [-0.39, 0.29) is 6.10 Å². The maximum Gasteiger partial charge on any atom is 0.0766 e. The van der Waals surface area contributed by atoms with Crippen LogP contribution in [0.5, 0.6) is 0 Å². The molecule has 0 bridgehead atoms. The van der Waals surface area contributed by atoms with E-state index in [4.69, 9.17) is 10.5 Å². The van der Waals surface area contributed by atoms with Gasteiger partial charge in [0.15, 0.2) is 0 Å². The van der Waals surface area contributed by atoms with E-state index >= 15 is 0 Å². The van der Waals surface area contributed by atoms with Gasteiger partial charge in [-0.15, -0.1) is 0 Å². The summed E-state index contributed by atoms with van der Waals surface area (Å²) >= 11 is 0. The third-order valence-corrected chi connectivity index (χ3v) is 2.64. The highest BCUT2D eigenvalue weighted by Crippen LogP contribution is 2.25. The Hall–Kier alpha value is -0.120. The van der Waals surface area contributed by atoms with E-state index in [0.717, 1.165) is 0 Å². The van der Waals surface area contributed by atoms with E-state index in [1.807, 2.05) is 6.92 Å². The molecule has 0 spiro atoms. The fourth-order valence-electron chi connectivity index (χ4n) is 1.59. The van der Waals surface area contributed by atoms with Crippen molar-refractivity contribution in [2.24, 2.45) is 5.73 Å². The van der Waals surface area contributed by atoms with Crippen LogP contribution in [0.25, 0.3) is 0 Å². The third-order valence-electron chi connectivity index (χ3n) is 2.64. The molecule has 0 amide bonds. The van der Waals surface area contributed by atoms with Gasteiger partial charge in [-0.25, -0.2) is 0 Å². The average Bonchev–Trinajstić information content (AvgIpc) is 1.96. The average molecular weight is 187 g/mol. The first-order chi connectivity index (χ1) is 6.03. The van der Waals surface area contributed by atoms with Crippen LogP contribution in [0.15, 0.2) is 0 Å². The van der Waals surface area contributed by atoms with Crippen LogP contribution in [0, 0.1) is 0 Å². The topological polar surface area (TPSA) is 55.5 Å². The largest absolute Gasteiger partial charge is 0.389 e. The zero-order chi connectivity index (χ0) is 9.90. The molecule has 3 heteroatoms. The molecule has 0 heterocycles. The summed E-state index contributed by atoms with van der Waals surface area (Å²) in [5.41, 5.74) is 4.65. The van der Waals surface area contributed by atoms with Crippen LogP contribution in [0.2, 0.25) is 0 Å². The lowest BCUT2D eigenvalue weighted by Gasteiger charge is -2.32. The Kier molecular flexibility index (Phi) is 3.71. The van der Waals surface area contributed by atoms with E-state index in [1.165, 1.54) is 19.3 Å². The maximum atomic E-state index is 9.69. The second-order valence-electron chi connectivity index (χ2n) is 4.40. The van der Waals surface area contributed by atoms with Crippen LogP contribution in [0.1, 0.15) is 39.5 Å². The molecule has 0 aromatic rings.